The van der Waals surface area contributed by atoms with Gasteiger partial charge in [0.05, 0.1) is 4.90 Å². The molecule has 0 atom stereocenters. The molecule has 2 N–H and O–H groups in total. The number of carbonyl (C=O) groups is 1. The fourth-order valence-corrected chi connectivity index (χ4v) is 4.19. The van der Waals surface area contributed by atoms with Gasteiger partial charge in [-0.2, -0.15) is 0 Å². The smallest absolute Gasteiger partial charge is 0.262 e. The van der Waals surface area contributed by atoms with Gasteiger partial charge in [0.15, 0.2) is 0 Å². The lowest BCUT2D eigenvalue weighted by Gasteiger charge is -2.12. The van der Waals surface area contributed by atoms with Crippen molar-refractivity contribution in [3.05, 3.63) is 89.0 Å². The van der Waals surface area contributed by atoms with Crippen LogP contribution < -0.4 is 10.0 Å². The molecule has 1 amide bonds. The van der Waals surface area contributed by atoms with Crippen molar-refractivity contribution in [3.8, 4) is 0 Å². The number of hydrogen-bond donors (Lipinski definition) is 2. The number of sulfonamides is 1. The lowest BCUT2D eigenvalue weighted by Crippen LogP contribution is -2.15. The number of nitrogens with one attached hydrogen (secondary N) is 2. The molecule has 0 saturated carbocycles. The van der Waals surface area contributed by atoms with E-state index in [-0.39, 0.29) is 10.8 Å². The molecule has 0 aromatic heterocycles. The van der Waals surface area contributed by atoms with E-state index in [1.54, 1.807) is 43.3 Å². The van der Waals surface area contributed by atoms with E-state index in [0.717, 1.165) is 16.8 Å². The van der Waals surface area contributed by atoms with Gasteiger partial charge in [-0.15, -0.1) is 0 Å². The Morgan fingerprint density at radius 3 is 2.18 bits per heavy atom. The highest BCUT2D eigenvalue weighted by molar-refractivity contribution is 7.92. The highest BCUT2D eigenvalue weighted by Gasteiger charge is 2.17. The Bertz CT molecular complexity index is 1120. The molecule has 3 aromatic carbocycles. The predicted molar refractivity (Wildman–Crippen MR) is 112 cm³/mol. The van der Waals surface area contributed by atoms with Gasteiger partial charge >= 0.3 is 0 Å². The zero-order valence-corrected chi connectivity index (χ0v) is 16.8. The summed E-state index contributed by atoms with van der Waals surface area (Å²) >= 11 is 0. The highest BCUT2D eigenvalue weighted by Crippen LogP contribution is 2.21. The quantitative estimate of drug-likeness (QED) is 0.661. The van der Waals surface area contributed by atoms with Crippen molar-refractivity contribution in [3.63, 3.8) is 0 Å². The second-order valence-corrected chi connectivity index (χ2v) is 8.37. The van der Waals surface area contributed by atoms with E-state index in [0.29, 0.717) is 16.8 Å². The molecule has 3 aromatic rings. The molecule has 0 aliphatic heterocycles. The van der Waals surface area contributed by atoms with Gasteiger partial charge in [0, 0.05) is 16.9 Å². The molecule has 0 fully saturated rings. The van der Waals surface area contributed by atoms with E-state index in [1.165, 1.54) is 0 Å². The van der Waals surface area contributed by atoms with E-state index in [2.05, 4.69) is 10.0 Å². The summed E-state index contributed by atoms with van der Waals surface area (Å²) in [6, 6.07) is 19.1. The third-order valence-electron chi connectivity index (χ3n) is 4.43. The number of rotatable bonds is 5. The summed E-state index contributed by atoms with van der Waals surface area (Å²) in [5, 5.41) is 2.86. The van der Waals surface area contributed by atoms with Crippen molar-refractivity contribution in [2.45, 2.75) is 25.7 Å². The Morgan fingerprint density at radius 2 is 1.50 bits per heavy atom. The van der Waals surface area contributed by atoms with Crippen LogP contribution in [-0.2, 0) is 10.0 Å². The number of benzene rings is 3. The average molecular weight is 394 g/mol. The third kappa shape index (κ3) is 4.40. The Morgan fingerprint density at radius 1 is 0.821 bits per heavy atom. The van der Waals surface area contributed by atoms with Gasteiger partial charge in [0.2, 0.25) is 0 Å². The fraction of sp³-hybridized carbons (Fsp3) is 0.136. The first kappa shape index (κ1) is 19.6. The first-order valence-corrected chi connectivity index (χ1v) is 10.3. The minimum absolute atomic E-state index is 0.244. The second kappa shape index (κ2) is 7.86. The summed E-state index contributed by atoms with van der Waals surface area (Å²) in [7, 11) is -3.70. The maximum absolute atomic E-state index is 12.7. The lowest BCUT2D eigenvalue weighted by molar-refractivity contribution is 0.102. The molecular weight excluding hydrogens is 372 g/mol. The van der Waals surface area contributed by atoms with Crippen molar-refractivity contribution >= 4 is 27.3 Å². The Kier molecular flexibility index (Phi) is 5.51. The number of hydrogen-bond acceptors (Lipinski definition) is 3. The SMILES string of the molecule is Cc1ccc(C)c(S(=O)(=O)Nc2ccc(C(=O)Nc3ccccc3C)cc2)c1. The lowest BCUT2D eigenvalue weighted by atomic mass is 10.1. The van der Waals surface area contributed by atoms with Crippen LogP contribution in [-0.4, -0.2) is 14.3 Å². The summed E-state index contributed by atoms with van der Waals surface area (Å²) < 4.78 is 27.9. The van der Waals surface area contributed by atoms with Crippen LogP contribution >= 0.6 is 0 Å². The molecule has 6 heteroatoms. The maximum atomic E-state index is 12.7. The zero-order chi connectivity index (χ0) is 20.3. The van der Waals surface area contributed by atoms with Crippen molar-refractivity contribution in [1.29, 1.82) is 0 Å². The fourth-order valence-electron chi connectivity index (χ4n) is 2.80. The molecule has 144 valence electrons. The summed E-state index contributed by atoms with van der Waals surface area (Å²) in [6.07, 6.45) is 0. The van der Waals surface area contributed by atoms with Gasteiger partial charge in [-0.05, 0) is 73.9 Å². The molecule has 5 nitrogen and oxygen atoms in total. The molecule has 3 rings (SSSR count). The van der Waals surface area contributed by atoms with E-state index >= 15 is 0 Å². The summed E-state index contributed by atoms with van der Waals surface area (Å²) in [5.41, 5.74) is 4.09. The second-order valence-electron chi connectivity index (χ2n) is 6.72. The number of anilines is 2. The van der Waals surface area contributed by atoms with E-state index < -0.39 is 10.0 Å². The number of amides is 1. The van der Waals surface area contributed by atoms with Crippen LogP contribution in [0.2, 0.25) is 0 Å². The van der Waals surface area contributed by atoms with Crippen LogP contribution in [0.1, 0.15) is 27.0 Å². The standard InChI is InChI=1S/C22H22N2O3S/c1-15-8-9-17(3)21(14-15)28(26,27)24-19-12-10-18(11-13-19)22(25)23-20-7-5-4-6-16(20)2/h4-14,24H,1-3H3,(H,23,25). The van der Waals surface area contributed by atoms with Gasteiger partial charge in [0.25, 0.3) is 15.9 Å². The van der Waals surface area contributed by atoms with Crippen LogP contribution in [0, 0.1) is 20.8 Å². The molecule has 0 heterocycles. The topological polar surface area (TPSA) is 75.3 Å². The zero-order valence-electron chi connectivity index (χ0n) is 16.0. The summed E-state index contributed by atoms with van der Waals surface area (Å²) in [6.45, 7) is 5.52. The minimum Gasteiger partial charge on any atom is -0.322 e. The monoisotopic (exact) mass is 394 g/mol. The van der Waals surface area contributed by atoms with Crippen molar-refractivity contribution in [2.75, 3.05) is 10.0 Å². The first-order valence-electron chi connectivity index (χ1n) is 8.83. The number of aryl methyl sites for hydroxylation is 3. The molecule has 0 spiro atoms. The van der Waals surface area contributed by atoms with Gasteiger partial charge < -0.3 is 5.32 Å². The summed E-state index contributed by atoms with van der Waals surface area (Å²) in [5.74, 6) is -0.252. The molecule has 0 aliphatic carbocycles. The molecule has 0 aliphatic rings. The maximum Gasteiger partial charge on any atom is 0.262 e. The first-order chi connectivity index (χ1) is 13.3. The van der Waals surface area contributed by atoms with Gasteiger partial charge in [-0.3, -0.25) is 9.52 Å². The normalized spacial score (nSPS) is 11.1. The molecule has 0 radical (unpaired) electrons. The van der Waals surface area contributed by atoms with Gasteiger partial charge in [-0.1, -0.05) is 30.3 Å². The third-order valence-corrected chi connectivity index (χ3v) is 5.95. The van der Waals surface area contributed by atoms with Crippen LogP contribution in [0.15, 0.2) is 71.6 Å². The van der Waals surface area contributed by atoms with Gasteiger partial charge in [-0.25, -0.2) is 8.42 Å². The van der Waals surface area contributed by atoms with Crippen LogP contribution in [0.5, 0.6) is 0 Å². The van der Waals surface area contributed by atoms with E-state index in [1.807, 2.05) is 44.2 Å². The van der Waals surface area contributed by atoms with Crippen LogP contribution in [0.25, 0.3) is 0 Å². The van der Waals surface area contributed by atoms with Crippen molar-refractivity contribution < 1.29 is 13.2 Å². The average Bonchev–Trinajstić information content (AvgIpc) is 2.65. The molecule has 0 unspecified atom stereocenters. The highest BCUT2D eigenvalue weighted by atomic mass is 32.2. The molecule has 0 saturated heterocycles. The summed E-state index contributed by atoms with van der Waals surface area (Å²) in [4.78, 5) is 12.7. The van der Waals surface area contributed by atoms with Crippen LogP contribution in [0.3, 0.4) is 0 Å². The Balaban J connectivity index is 1.76. The van der Waals surface area contributed by atoms with Gasteiger partial charge in [0.1, 0.15) is 0 Å². The van der Waals surface area contributed by atoms with Crippen molar-refractivity contribution in [1.82, 2.24) is 0 Å². The number of carbonyl (C=O) groups excluding carboxylic acids is 1. The predicted octanol–water partition coefficient (Wildman–Crippen LogP) is 4.66. The van der Waals surface area contributed by atoms with E-state index in [9.17, 15) is 13.2 Å². The van der Waals surface area contributed by atoms with Crippen LogP contribution in [0.4, 0.5) is 11.4 Å². The Hall–Kier alpha value is -3.12. The Labute approximate surface area is 165 Å². The largest absolute Gasteiger partial charge is 0.322 e. The van der Waals surface area contributed by atoms with E-state index in [4.69, 9.17) is 0 Å². The molecular formula is C22H22N2O3S. The van der Waals surface area contributed by atoms with Crippen molar-refractivity contribution in [2.24, 2.45) is 0 Å². The molecule has 0 bridgehead atoms. The number of para-hydroxylation sites is 1. The minimum atomic E-state index is -3.70. The molecule has 28 heavy (non-hydrogen) atoms.